The van der Waals surface area contributed by atoms with E-state index in [1.54, 1.807) is 6.07 Å². The topological polar surface area (TPSA) is 84.9 Å². The fourth-order valence-electron chi connectivity index (χ4n) is 3.83. The maximum absolute atomic E-state index is 13.2. The molecule has 31 heavy (non-hydrogen) atoms. The lowest BCUT2D eigenvalue weighted by Gasteiger charge is -2.31. The first kappa shape index (κ1) is 23.6. The van der Waals surface area contributed by atoms with Gasteiger partial charge in [0.05, 0.1) is 25.0 Å². The Morgan fingerprint density at radius 2 is 1.74 bits per heavy atom. The van der Waals surface area contributed by atoms with Crippen molar-refractivity contribution in [2.75, 3.05) is 32.6 Å². The van der Waals surface area contributed by atoms with Crippen molar-refractivity contribution in [1.29, 1.82) is 0 Å². The molecule has 1 N–H and O–H groups in total. The lowest BCUT2D eigenvalue weighted by molar-refractivity contribution is -0.120. The molecule has 0 bridgehead atoms. The average Bonchev–Trinajstić information content (AvgIpc) is 2.75. The van der Waals surface area contributed by atoms with Crippen molar-refractivity contribution in [1.82, 2.24) is 4.31 Å². The fourth-order valence-corrected chi connectivity index (χ4v) is 6.06. The van der Waals surface area contributed by atoms with E-state index in [1.165, 1.54) is 30.7 Å². The first-order chi connectivity index (χ1) is 14.7. The SMILES string of the molecule is COc1ccc(S(=O)(=O)N2CCC[C@@H](C(=O)Nc3c(C)cc(Br)cc3C)C2)cc1OC. The lowest BCUT2D eigenvalue weighted by Crippen LogP contribution is -2.43. The molecule has 0 aliphatic carbocycles. The van der Waals surface area contributed by atoms with Gasteiger partial charge in [0.15, 0.2) is 11.5 Å². The van der Waals surface area contributed by atoms with E-state index in [9.17, 15) is 13.2 Å². The highest BCUT2D eigenvalue weighted by Gasteiger charge is 2.34. The molecule has 1 aliphatic heterocycles. The highest BCUT2D eigenvalue weighted by molar-refractivity contribution is 9.10. The van der Waals surface area contributed by atoms with Gasteiger partial charge in [-0.2, -0.15) is 4.31 Å². The van der Waals surface area contributed by atoms with Gasteiger partial charge in [0, 0.05) is 29.3 Å². The van der Waals surface area contributed by atoms with Crippen LogP contribution in [0.5, 0.6) is 11.5 Å². The summed E-state index contributed by atoms with van der Waals surface area (Å²) in [5, 5.41) is 3.00. The minimum atomic E-state index is -3.77. The van der Waals surface area contributed by atoms with Gasteiger partial charge in [-0.3, -0.25) is 4.79 Å². The Morgan fingerprint density at radius 1 is 1.10 bits per heavy atom. The van der Waals surface area contributed by atoms with Gasteiger partial charge in [0.25, 0.3) is 0 Å². The van der Waals surface area contributed by atoms with Crippen LogP contribution in [0.15, 0.2) is 39.7 Å². The molecule has 9 heteroatoms. The Kier molecular flexibility index (Phi) is 7.28. The maximum atomic E-state index is 13.2. The van der Waals surface area contributed by atoms with Crippen LogP contribution < -0.4 is 14.8 Å². The molecule has 0 unspecified atom stereocenters. The number of halogens is 1. The van der Waals surface area contributed by atoms with Gasteiger partial charge < -0.3 is 14.8 Å². The van der Waals surface area contributed by atoms with Crippen LogP contribution in [0.3, 0.4) is 0 Å². The number of sulfonamides is 1. The van der Waals surface area contributed by atoms with Gasteiger partial charge >= 0.3 is 0 Å². The van der Waals surface area contributed by atoms with Gasteiger partial charge in [-0.15, -0.1) is 0 Å². The largest absolute Gasteiger partial charge is 0.493 e. The van der Waals surface area contributed by atoms with E-state index in [1.807, 2.05) is 26.0 Å². The number of nitrogens with one attached hydrogen (secondary N) is 1. The predicted octanol–water partition coefficient (Wildman–Crippen LogP) is 4.12. The number of rotatable bonds is 6. The van der Waals surface area contributed by atoms with Crippen molar-refractivity contribution in [3.8, 4) is 11.5 Å². The molecule has 168 valence electrons. The number of amides is 1. The van der Waals surface area contributed by atoms with Gasteiger partial charge in [0.1, 0.15) is 0 Å². The summed E-state index contributed by atoms with van der Waals surface area (Å²) in [6, 6.07) is 8.40. The van der Waals surface area contributed by atoms with Crippen LogP contribution >= 0.6 is 15.9 Å². The summed E-state index contributed by atoms with van der Waals surface area (Å²) >= 11 is 3.46. The van der Waals surface area contributed by atoms with Crippen LogP contribution in [-0.2, 0) is 14.8 Å². The Bertz CT molecular complexity index is 1060. The van der Waals surface area contributed by atoms with E-state index in [0.29, 0.717) is 30.9 Å². The first-order valence-corrected chi connectivity index (χ1v) is 12.2. The molecule has 1 aliphatic rings. The number of ether oxygens (including phenoxy) is 2. The third-order valence-electron chi connectivity index (χ3n) is 5.49. The third kappa shape index (κ3) is 5.05. The Morgan fingerprint density at radius 3 is 2.35 bits per heavy atom. The number of hydrogen-bond donors (Lipinski definition) is 1. The number of methoxy groups -OCH3 is 2. The van der Waals surface area contributed by atoms with Crippen LogP contribution in [-0.4, -0.2) is 45.9 Å². The molecule has 1 heterocycles. The van der Waals surface area contributed by atoms with E-state index in [0.717, 1.165) is 21.3 Å². The summed E-state index contributed by atoms with van der Waals surface area (Å²) in [5.41, 5.74) is 2.67. The van der Waals surface area contributed by atoms with E-state index >= 15 is 0 Å². The van der Waals surface area contributed by atoms with Crippen LogP contribution in [0.4, 0.5) is 5.69 Å². The highest BCUT2D eigenvalue weighted by atomic mass is 79.9. The van der Waals surface area contributed by atoms with Crippen molar-refractivity contribution < 1.29 is 22.7 Å². The number of hydrogen-bond acceptors (Lipinski definition) is 5. The quantitative estimate of drug-likeness (QED) is 0.631. The number of aryl methyl sites for hydroxylation is 2. The minimum Gasteiger partial charge on any atom is -0.493 e. The molecule has 1 fully saturated rings. The zero-order valence-corrected chi connectivity index (χ0v) is 20.5. The van der Waals surface area contributed by atoms with Crippen LogP contribution in [0.2, 0.25) is 0 Å². The number of nitrogens with zero attached hydrogens (tertiary/aromatic N) is 1. The molecule has 3 rings (SSSR count). The first-order valence-electron chi connectivity index (χ1n) is 9.97. The summed E-state index contributed by atoms with van der Waals surface area (Å²) in [6.45, 7) is 4.37. The molecular formula is C22H27BrN2O5S. The van der Waals surface area contributed by atoms with Crippen LogP contribution in [0.1, 0.15) is 24.0 Å². The van der Waals surface area contributed by atoms with Crippen molar-refractivity contribution in [3.63, 3.8) is 0 Å². The Labute approximate surface area is 191 Å². The monoisotopic (exact) mass is 510 g/mol. The van der Waals surface area contributed by atoms with E-state index in [-0.39, 0.29) is 17.3 Å². The van der Waals surface area contributed by atoms with Gasteiger partial charge in [-0.25, -0.2) is 8.42 Å². The molecule has 7 nitrogen and oxygen atoms in total. The summed E-state index contributed by atoms with van der Waals surface area (Å²) in [5.74, 6) is 0.209. The van der Waals surface area contributed by atoms with Crippen molar-refractivity contribution in [3.05, 3.63) is 45.9 Å². The van der Waals surface area contributed by atoms with Crippen molar-refractivity contribution >= 4 is 37.5 Å². The van der Waals surface area contributed by atoms with Crippen LogP contribution in [0.25, 0.3) is 0 Å². The normalized spacial score (nSPS) is 17.3. The number of anilines is 1. The molecule has 1 amide bonds. The van der Waals surface area contributed by atoms with E-state index < -0.39 is 15.9 Å². The Balaban J connectivity index is 1.79. The molecule has 1 saturated heterocycles. The standard InChI is InChI=1S/C22H27BrN2O5S/c1-14-10-17(23)11-15(2)21(14)24-22(26)16-6-5-9-25(13-16)31(27,28)18-7-8-19(29-3)20(12-18)30-4/h7-8,10-12,16H,5-6,9,13H2,1-4H3,(H,24,26)/t16-/m1/s1. The number of carbonyl (C=O) groups is 1. The van der Waals surface area contributed by atoms with Crippen molar-refractivity contribution in [2.45, 2.75) is 31.6 Å². The maximum Gasteiger partial charge on any atom is 0.243 e. The van der Waals surface area contributed by atoms with Crippen molar-refractivity contribution in [2.24, 2.45) is 5.92 Å². The van der Waals surface area contributed by atoms with Crippen LogP contribution in [0, 0.1) is 19.8 Å². The predicted molar refractivity (Wildman–Crippen MR) is 123 cm³/mol. The third-order valence-corrected chi connectivity index (χ3v) is 7.81. The summed E-state index contributed by atoms with van der Waals surface area (Å²) in [4.78, 5) is 13.1. The van der Waals surface area contributed by atoms with E-state index in [2.05, 4.69) is 21.2 Å². The molecule has 2 aromatic rings. The Hall–Kier alpha value is -2.10. The number of carbonyl (C=O) groups excluding carboxylic acids is 1. The molecule has 0 spiro atoms. The van der Waals surface area contributed by atoms with E-state index in [4.69, 9.17) is 9.47 Å². The highest BCUT2D eigenvalue weighted by Crippen LogP contribution is 2.32. The molecule has 0 aromatic heterocycles. The summed E-state index contributed by atoms with van der Waals surface area (Å²) in [7, 11) is -0.815. The van der Waals surface area contributed by atoms with Gasteiger partial charge in [-0.05, 0) is 62.1 Å². The zero-order chi connectivity index (χ0) is 22.8. The molecular weight excluding hydrogens is 484 g/mol. The molecule has 0 radical (unpaired) electrons. The number of piperidine rings is 1. The average molecular weight is 511 g/mol. The van der Waals surface area contributed by atoms with Gasteiger partial charge in [-0.1, -0.05) is 15.9 Å². The molecule has 2 aromatic carbocycles. The molecule has 0 saturated carbocycles. The van der Waals surface area contributed by atoms with Gasteiger partial charge in [0.2, 0.25) is 15.9 Å². The second kappa shape index (κ2) is 9.58. The summed E-state index contributed by atoms with van der Waals surface area (Å²) < 4.78 is 39.2. The fraction of sp³-hybridized carbons (Fsp3) is 0.409. The molecule has 1 atom stereocenters. The zero-order valence-electron chi connectivity index (χ0n) is 18.1. The minimum absolute atomic E-state index is 0.116. The second-order valence-electron chi connectivity index (χ2n) is 7.62. The smallest absolute Gasteiger partial charge is 0.243 e. The second-order valence-corrected chi connectivity index (χ2v) is 10.5. The summed E-state index contributed by atoms with van der Waals surface area (Å²) in [6.07, 6.45) is 1.25. The number of benzene rings is 2. The lowest BCUT2D eigenvalue weighted by atomic mass is 9.98.